The van der Waals surface area contributed by atoms with Crippen LogP contribution in [-0.4, -0.2) is 39.3 Å². The second-order valence-corrected chi connectivity index (χ2v) is 8.15. The summed E-state index contributed by atoms with van der Waals surface area (Å²) < 4.78 is 6.18. The van der Waals surface area contributed by atoms with Crippen LogP contribution in [0.2, 0.25) is 0 Å². The van der Waals surface area contributed by atoms with E-state index in [0.717, 1.165) is 28.3 Å². The minimum absolute atomic E-state index is 0.0251. The minimum Gasteiger partial charge on any atom is -0.490 e. The third-order valence-electron chi connectivity index (χ3n) is 5.12. The van der Waals surface area contributed by atoms with Gasteiger partial charge in [0.1, 0.15) is 16.9 Å². The van der Waals surface area contributed by atoms with E-state index in [0.29, 0.717) is 24.2 Å². The molecule has 26 heavy (non-hydrogen) atoms. The fraction of sp³-hybridized carbons (Fsp3) is 0.421. The number of fused-ring (bicyclic) bond motifs is 2. The molecule has 2 saturated heterocycles. The number of rotatable bonds is 3. The monoisotopic (exact) mass is 369 g/mol. The van der Waals surface area contributed by atoms with Gasteiger partial charge in [-0.05, 0) is 38.0 Å². The number of hydrogen-bond donors (Lipinski definition) is 1. The molecule has 2 bridgehead atoms. The lowest BCUT2D eigenvalue weighted by molar-refractivity contribution is 0.0496. The van der Waals surface area contributed by atoms with Crippen molar-refractivity contribution in [3.8, 4) is 22.4 Å². The van der Waals surface area contributed by atoms with Crippen LogP contribution in [0.5, 0.6) is 5.75 Å². The summed E-state index contributed by atoms with van der Waals surface area (Å²) in [5.74, 6) is 0.653. The number of hydrogen-bond acceptors (Lipinski definition) is 5. The number of carbonyl (C=O) groups is 1. The van der Waals surface area contributed by atoms with Gasteiger partial charge in [-0.15, -0.1) is 11.3 Å². The molecule has 2 unspecified atom stereocenters. The Morgan fingerprint density at radius 3 is 2.65 bits per heavy atom. The average molecular weight is 369 g/mol. The average Bonchev–Trinajstić information content (AvgIpc) is 3.16. The van der Waals surface area contributed by atoms with Crippen molar-refractivity contribution in [3.63, 3.8) is 0 Å². The van der Waals surface area contributed by atoms with Crippen LogP contribution in [-0.2, 0) is 0 Å². The van der Waals surface area contributed by atoms with E-state index in [2.05, 4.69) is 11.1 Å². The number of amides is 1. The third-order valence-corrected chi connectivity index (χ3v) is 6.08. The molecule has 134 valence electrons. The zero-order valence-corrected chi connectivity index (χ0v) is 15.2. The van der Waals surface area contributed by atoms with Gasteiger partial charge in [0.15, 0.2) is 0 Å². The Balaban J connectivity index is 1.56. The molecule has 2 fully saturated rings. The fourth-order valence-electron chi connectivity index (χ4n) is 4.07. The maximum Gasteiger partial charge on any atom is 0.407 e. The van der Waals surface area contributed by atoms with E-state index < -0.39 is 6.09 Å². The first-order valence-corrected chi connectivity index (χ1v) is 9.51. The number of aryl methyl sites for hydroxylation is 1. The third kappa shape index (κ3) is 3.13. The summed E-state index contributed by atoms with van der Waals surface area (Å²) in [6, 6.07) is 7.75. The number of nitriles is 1. The molecular formula is C19H19N3O3S. The van der Waals surface area contributed by atoms with Crippen LogP contribution in [0.25, 0.3) is 10.6 Å². The first-order chi connectivity index (χ1) is 12.5. The summed E-state index contributed by atoms with van der Waals surface area (Å²) in [5.41, 5.74) is 1.42. The van der Waals surface area contributed by atoms with Gasteiger partial charge < -0.3 is 14.7 Å². The zero-order chi connectivity index (χ0) is 18.3. The molecule has 1 amide bonds. The lowest BCUT2D eigenvalue weighted by atomic mass is 10.00. The summed E-state index contributed by atoms with van der Waals surface area (Å²) in [4.78, 5) is 18.5. The molecule has 2 aromatic rings. The molecule has 0 saturated carbocycles. The van der Waals surface area contributed by atoms with Crippen LogP contribution in [0.15, 0.2) is 24.4 Å². The van der Waals surface area contributed by atoms with Gasteiger partial charge in [-0.3, -0.25) is 0 Å². The van der Waals surface area contributed by atoms with E-state index >= 15 is 0 Å². The first-order valence-electron chi connectivity index (χ1n) is 8.69. The molecular weight excluding hydrogens is 350 g/mol. The molecule has 7 heteroatoms. The first kappa shape index (κ1) is 16.9. The molecule has 6 nitrogen and oxygen atoms in total. The second kappa shape index (κ2) is 6.61. The van der Waals surface area contributed by atoms with Crippen molar-refractivity contribution < 1.29 is 14.6 Å². The molecule has 1 N–H and O–H groups in total. The lowest BCUT2D eigenvalue weighted by Crippen LogP contribution is -2.48. The largest absolute Gasteiger partial charge is 0.490 e. The summed E-state index contributed by atoms with van der Waals surface area (Å²) in [6.07, 6.45) is 4.17. The fourth-order valence-corrected chi connectivity index (χ4v) is 4.82. The molecule has 2 aliphatic rings. The number of nitrogens with zero attached hydrogens (tertiary/aromatic N) is 3. The number of ether oxygens (including phenoxy) is 1. The van der Waals surface area contributed by atoms with Crippen molar-refractivity contribution in [1.82, 2.24) is 9.88 Å². The Morgan fingerprint density at radius 2 is 2.08 bits per heavy atom. The molecule has 1 aromatic carbocycles. The van der Waals surface area contributed by atoms with Crippen molar-refractivity contribution in [2.75, 3.05) is 0 Å². The summed E-state index contributed by atoms with van der Waals surface area (Å²) in [7, 11) is 0. The lowest BCUT2D eigenvalue weighted by Gasteiger charge is -2.37. The highest BCUT2D eigenvalue weighted by atomic mass is 32.1. The van der Waals surface area contributed by atoms with Crippen LogP contribution in [0.3, 0.4) is 0 Å². The zero-order valence-electron chi connectivity index (χ0n) is 14.4. The number of benzene rings is 1. The summed E-state index contributed by atoms with van der Waals surface area (Å²) >= 11 is 1.58. The Bertz CT molecular complexity index is 874. The van der Waals surface area contributed by atoms with Crippen LogP contribution < -0.4 is 4.74 Å². The maximum atomic E-state index is 11.4. The second-order valence-electron chi connectivity index (χ2n) is 6.92. The highest BCUT2D eigenvalue weighted by molar-refractivity contribution is 7.14. The maximum absolute atomic E-state index is 11.4. The van der Waals surface area contributed by atoms with Gasteiger partial charge in [-0.25, -0.2) is 9.78 Å². The van der Waals surface area contributed by atoms with Gasteiger partial charge >= 0.3 is 6.09 Å². The van der Waals surface area contributed by atoms with Gasteiger partial charge in [0, 0.05) is 41.6 Å². The smallest absolute Gasteiger partial charge is 0.407 e. The number of aromatic nitrogens is 1. The van der Waals surface area contributed by atoms with Gasteiger partial charge in [0.2, 0.25) is 0 Å². The van der Waals surface area contributed by atoms with Gasteiger partial charge in [0.25, 0.3) is 0 Å². The minimum atomic E-state index is -0.830. The predicted octanol–water partition coefficient (Wildman–Crippen LogP) is 4.04. The highest BCUT2D eigenvalue weighted by Gasteiger charge is 2.44. The van der Waals surface area contributed by atoms with Gasteiger partial charge in [0.05, 0.1) is 11.6 Å². The number of carboxylic acid groups (broad SMARTS) is 1. The SMILES string of the molecule is Cc1cnc(-c2cc(C#N)cc(OC3CC4CCC(C3)N4C(=O)O)c2)s1. The van der Waals surface area contributed by atoms with E-state index in [4.69, 9.17) is 4.74 Å². The Labute approximate surface area is 155 Å². The highest BCUT2D eigenvalue weighted by Crippen LogP contribution is 2.38. The topological polar surface area (TPSA) is 86.5 Å². The molecule has 1 aromatic heterocycles. The Morgan fingerprint density at radius 1 is 1.35 bits per heavy atom. The van der Waals surface area contributed by atoms with Crippen LogP contribution in [0.4, 0.5) is 4.79 Å². The number of piperidine rings is 1. The molecule has 3 heterocycles. The molecule has 0 radical (unpaired) electrons. The Hall–Kier alpha value is -2.59. The number of thiazole rings is 1. The van der Waals surface area contributed by atoms with Crippen LogP contribution in [0.1, 0.15) is 36.1 Å². The van der Waals surface area contributed by atoms with E-state index in [-0.39, 0.29) is 18.2 Å². The van der Waals surface area contributed by atoms with E-state index in [1.165, 1.54) is 0 Å². The van der Waals surface area contributed by atoms with Crippen molar-refractivity contribution >= 4 is 17.4 Å². The van der Waals surface area contributed by atoms with Crippen molar-refractivity contribution in [2.24, 2.45) is 0 Å². The van der Waals surface area contributed by atoms with Crippen molar-refractivity contribution in [2.45, 2.75) is 50.8 Å². The van der Waals surface area contributed by atoms with Crippen molar-refractivity contribution in [3.05, 3.63) is 34.8 Å². The quantitative estimate of drug-likeness (QED) is 0.882. The van der Waals surface area contributed by atoms with Crippen molar-refractivity contribution in [1.29, 1.82) is 5.26 Å². The van der Waals surface area contributed by atoms with E-state index in [1.807, 2.05) is 25.3 Å². The van der Waals surface area contributed by atoms with Gasteiger partial charge in [-0.2, -0.15) is 5.26 Å². The molecule has 4 rings (SSSR count). The molecule has 2 aliphatic heterocycles. The standard InChI is InChI=1S/C19H19N3O3S/c1-11-10-21-18(26-11)13-4-12(9-20)5-16(6-13)25-17-7-14-2-3-15(8-17)22(14)19(23)24/h4-6,10,14-15,17H,2-3,7-8H2,1H3,(H,23,24). The molecule has 2 atom stereocenters. The van der Waals surface area contributed by atoms with E-state index in [9.17, 15) is 15.2 Å². The predicted molar refractivity (Wildman–Crippen MR) is 97.3 cm³/mol. The van der Waals surface area contributed by atoms with Crippen LogP contribution in [0, 0.1) is 18.3 Å². The van der Waals surface area contributed by atoms with E-state index in [1.54, 1.807) is 22.3 Å². The van der Waals surface area contributed by atoms with Gasteiger partial charge in [-0.1, -0.05) is 0 Å². The molecule has 0 aliphatic carbocycles. The summed E-state index contributed by atoms with van der Waals surface area (Å²) in [6.45, 7) is 2.00. The normalized spacial score (nSPS) is 24.3. The Kier molecular flexibility index (Phi) is 4.29. The summed E-state index contributed by atoms with van der Waals surface area (Å²) in [5, 5.41) is 19.6. The molecule has 0 spiro atoms. The van der Waals surface area contributed by atoms with Crippen LogP contribution >= 0.6 is 11.3 Å².